The first-order valence-electron chi connectivity index (χ1n) is 9.06. The molecule has 0 spiro atoms. The van der Waals surface area contributed by atoms with E-state index in [1.54, 1.807) is 6.92 Å². The molecule has 1 aliphatic rings. The average Bonchev–Trinajstić information content (AvgIpc) is 3.22. The molecular formula is C18H21N3O7S2. The predicted molar refractivity (Wildman–Crippen MR) is 109 cm³/mol. The van der Waals surface area contributed by atoms with Crippen molar-refractivity contribution in [3.8, 4) is 5.75 Å². The molecule has 2 heterocycles. The average molecular weight is 456 g/mol. The summed E-state index contributed by atoms with van der Waals surface area (Å²) in [4.78, 5) is 28.5. The van der Waals surface area contributed by atoms with Gasteiger partial charge in [-0.05, 0) is 25.1 Å². The number of thiazole rings is 1. The summed E-state index contributed by atoms with van der Waals surface area (Å²) in [5.74, 6) is -1.00. The number of rotatable bonds is 7. The van der Waals surface area contributed by atoms with Crippen molar-refractivity contribution < 1.29 is 32.2 Å². The van der Waals surface area contributed by atoms with E-state index in [0.717, 1.165) is 11.3 Å². The summed E-state index contributed by atoms with van der Waals surface area (Å²) in [6, 6.07) is 4.08. The standard InChI is InChI=1S/C18H21N3O7S2/c1-3-28-17(23)14-11-29-18(19-14)20-16(22)13-10-12(4-5-15(13)26-2)30(24,25)21-6-8-27-9-7-21/h4-5,10-11H,3,6-9H2,1-2H3,(H,19,20,22). The SMILES string of the molecule is CCOC(=O)c1csc(NC(=O)c2cc(S(=O)(=O)N3CCOCC3)ccc2OC)n1. The summed E-state index contributed by atoms with van der Waals surface area (Å²) >= 11 is 1.05. The van der Waals surface area contributed by atoms with Crippen LogP contribution in [0.15, 0.2) is 28.5 Å². The number of esters is 1. The minimum Gasteiger partial charge on any atom is -0.496 e. The van der Waals surface area contributed by atoms with Crippen LogP contribution < -0.4 is 10.1 Å². The molecule has 1 aromatic heterocycles. The van der Waals surface area contributed by atoms with Gasteiger partial charge in [0.25, 0.3) is 5.91 Å². The van der Waals surface area contributed by atoms with Gasteiger partial charge in [0.2, 0.25) is 10.0 Å². The number of hydrogen-bond donors (Lipinski definition) is 1. The van der Waals surface area contributed by atoms with Crippen LogP contribution in [-0.2, 0) is 19.5 Å². The Kier molecular flexibility index (Phi) is 7.02. The van der Waals surface area contributed by atoms with E-state index in [-0.39, 0.29) is 46.7 Å². The van der Waals surface area contributed by atoms with Crippen molar-refractivity contribution in [2.75, 3.05) is 45.3 Å². The molecule has 1 aliphatic heterocycles. The van der Waals surface area contributed by atoms with E-state index in [2.05, 4.69) is 10.3 Å². The molecule has 0 radical (unpaired) electrons. The van der Waals surface area contributed by atoms with Crippen molar-refractivity contribution in [1.82, 2.24) is 9.29 Å². The minimum absolute atomic E-state index is 0.0262. The number of carbonyl (C=O) groups is 2. The largest absolute Gasteiger partial charge is 0.496 e. The molecule has 12 heteroatoms. The smallest absolute Gasteiger partial charge is 0.357 e. The Bertz CT molecular complexity index is 1030. The highest BCUT2D eigenvalue weighted by atomic mass is 32.2. The molecule has 1 N–H and O–H groups in total. The van der Waals surface area contributed by atoms with Gasteiger partial charge in [-0.2, -0.15) is 4.31 Å². The Hall–Kier alpha value is -2.54. The lowest BCUT2D eigenvalue weighted by Crippen LogP contribution is -2.40. The van der Waals surface area contributed by atoms with E-state index in [1.807, 2.05) is 0 Å². The molecule has 0 aliphatic carbocycles. The minimum atomic E-state index is -3.79. The van der Waals surface area contributed by atoms with Gasteiger partial charge in [-0.25, -0.2) is 18.2 Å². The molecule has 0 unspecified atom stereocenters. The van der Waals surface area contributed by atoms with E-state index in [0.29, 0.717) is 13.2 Å². The van der Waals surface area contributed by atoms with Crippen molar-refractivity contribution in [2.45, 2.75) is 11.8 Å². The summed E-state index contributed by atoms with van der Waals surface area (Å²) in [6.45, 7) is 3.00. The highest BCUT2D eigenvalue weighted by Crippen LogP contribution is 2.26. The van der Waals surface area contributed by atoms with E-state index in [1.165, 1.54) is 35.0 Å². The number of nitrogens with one attached hydrogen (secondary N) is 1. The second kappa shape index (κ2) is 9.51. The monoisotopic (exact) mass is 455 g/mol. The first kappa shape index (κ1) is 22.2. The molecule has 0 atom stereocenters. The zero-order chi connectivity index (χ0) is 21.7. The first-order valence-corrected chi connectivity index (χ1v) is 11.4. The van der Waals surface area contributed by atoms with Crippen molar-refractivity contribution in [2.24, 2.45) is 0 Å². The van der Waals surface area contributed by atoms with Crippen molar-refractivity contribution >= 4 is 38.4 Å². The van der Waals surface area contributed by atoms with Crippen LogP contribution in [0, 0.1) is 0 Å². The molecule has 0 bridgehead atoms. The highest BCUT2D eigenvalue weighted by molar-refractivity contribution is 7.89. The number of aromatic nitrogens is 1. The molecule has 1 fully saturated rings. The third-order valence-corrected chi connectivity index (χ3v) is 6.88. The molecule has 3 rings (SSSR count). The number of methoxy groups -OCH3 is 1. The third-order valence-electron chi connectivity index (χ3n) is 4.23. The number of benzene rings is 1. The number of sulfonamides is 1. The molecule has 10 nitrogen and oxygen atoms in total. The normalized spacial score (nSPS) is 14.9. The summed E-state index contributed by atoms with van der Waals surface area (Å²) in [5.41, 5.74) is 0.104. The quantitative estimate of drug-likeness (QED) is 0.625. The van der Waals surface area contributed by atoms with Crippen molar-refractivity contribution in [1.29, 1.82) is 0 Å². The van der Waals surface area contributed by atoms with Crippen molar-refractivity contribution in [3.05, 3.63) is 34.8 Å². The van der Waals surface area contributed by atoms with Gasteiger partial charge in [-0.15, -0.1) is 11.3 Å². The van der Waals surface area contributed by atoms with Crippen LogP contribution in [0.25, 0.3) is 0 Å². The lowest BCUT2D eigenvalue weighted by molar-refractivity contribution is 0.0520. The molecule has 1 saturated heterocycles. The van der Waals surface area contributed by atoms with Gasteiger partial charge < -0.3 is 14.2 Å². The van der Waals surface area contributed by atoms with Crippen LogP contribution in [-0.4, -0.2) is 69.6 Å². The third kappa shape index (κ3) is 4.78. The fourth-order valence-electron chi connectivity index (χ4n) is 2.76. The predicted octanol–water partition coefficient (Wildman–Crippen LogP) is 1.60. The maximum absolute atomic E-state index is 12.9. The zero-order valence-electron chi connectivity index (χ0n) is 16.4. The van der Waals surface area contributed by atoms with Gasteiger partial charge in [0, 0.05) is 18.5 Å². The summed E-state index contributed by atoms with van der Waals surface area (Å²) in [7, 11) is -2.41. The van der Waals surface area contributed by atoms with Gasteiger partial charge in [-0.3, -0.25) is 10.1 Å². The molecule has 30 heavy (non-hydrogen) atoms. The van der Waals surface area contributed by atoms with Crippen LogP contribution >= 0.6 is 11.3 Å². The Labute approximate surface area is 177 Å². The summed E-state index contributed by atoms with van der Waals surface area (Å²) < 4.78 is 42.4. The number of amides is 1. The maximum atomic E-state index is 12.9. The molecule has 0 saturated carbocycles. The highest BCUT2D eigenvalue weighted by Gasteiger charge is 2.28. The van der Waals surface area contributed by atoms with Crippen LogP contribution in [0.3, 0.4) is 0 Å². The molecule has 1 amide bonds. The zero-order valence-corrected chi connectivity index (χ0v) is 18.0. The topological polar surface area (TPSA) is 124 Å². The van der Waals surface area contributed by atoms with Crippen LogP contribution in [0.4, 0.5) is 5.13 Å². The Balaban J connectivity index is 1.84. The van der Waals surface area contributed by atoms with E-state index in [9.17, 15) is 18.0 Å². The van der Waals surface area contributed by atoms with Gasteiger partial charge in [0.1, 0.15) is 5.75 Å². The molecule has 1 aromatic carbocycles. The molecule has 162 valence electrons. The molecule has 2 aromatic rings. The lowest BCUT2D eigenvalue weighted by atomic mass is 10.2. The fraction of sp³-hybridized carbons (Fsp3) is 0.389. The Morgan fingerprint density at radius 2 is 2.03 bits per heavy atom. The summed E-state index contributed by atoms with van der Waals surface area (Å²) in [6.07, 6.45) is 0. The summed E-state index contributed by atoms with van der Waals surface area (Å²) in [5, 5.41) is 4.20. The Morgan fingerprint density at radius 3 is 2.70 bits per heavy atom. The van der Waals surface area contributed by atoms with E-state index in [4.69, 9.17) is 14.2 Å². The number of ether oxygens (including phenoxy) is 3. The molecular weight excluding hydrogens is 434 g/mol. The number of nitrogens with zero attached hydrogens (tertiary/aromatic N) is 2. The number of anilines is 1. The fourth-order valence-corrected chi connectivity index (χ4v) is 4.87. The second-order valence-corrected chi connectivity index (χ2v) is 8.89. The first-order chi connectivity index (χ1) is 14.4. The van der Waals surface area contributed by atoms with Gasteiger partial charge >= 0.3 is 5.97 Å². The van der Waals surface area contributed by atoms with Gasteiger partial charge in [-0.1, -0.05) is 0 Å². The van der Waals surface area contributed by atoms with Crippen molar-refractivity contribution in [3.63, 3.8) is 0 Å². The van der Waals surface area contributed by atoms with Crippen LogP contribution in [0.5, 0.6) is 5.75 Å². The number of hydrogen-bond acceptors (Lipinski definition) is 9. The Morgan fingerprint density at radius 1 is 1.30 bits per heavy atom. The number of carbonyl (C=O) groups excluding carboxylic acids is 2. The van der Waals surface area contributed by atoms with Gasteiger partial charge in [0.15, 0.2) is 10.8 Å². The van der Waals surface area contributed by atoms with Crippen LogP contribution in [0.2, 0.25) is 0 Å². The van der Waals surface area contributed by atoms with E-state index < -0.39 is 21.9 Å². The number of morpholine rings is 1. The second-order valence-electron chi connectivity index (χ2n) is 6.09. The van der Waals surface area contributed by atoms with E-state index >= 15 is 0 Å². The lowest BCUT2D eigenvalue weighted by Gasteiger charge is -2.26. The maximum Gasteiger partial charge on any atom is 0.357 e. The van der Waals surface area contributed by atoms with Gasteiger partial charge in [0.05, 0.1) is 37.4 Å². The van der Waals surface area contributed by atoms with Crippen LogP contribution in [0.1, 0.15) is 27.8 Å².